The molecule has 1 fully saturated rings. The molecule has 4 aromatic rings. The summed E-state index contributed by atoms with van der Waals surface area (Å²) in [6.07, 6.45) is 3.67. The Morgan fingerprint density at radius 1 is 1.18 bits per heavy atom. The maximum atomic E-state index is 14.7. The molecule has 1 N–H and O–H groups in total. The number of nitrogens with zero attached hydrogens (tertiary/aromatic N) is 5. The van der Waals surface area contributed by atoms with E-state index in [1.165, 1.54) is 24.5 Å². The maximum absolute atomic E-state index is 14.7. The number of rotatable bonds is 5. The number of fused-ring (bicyclic) bond motifs is 1. The third-order valence-corrected chi connectivity index (χ3v) is 6.14. The summed E-state index contributed by atoms with van der Waals surface area (Å²) in [5, 5.41) is 13.6. The summed E-state index contributed by atoms with van der Waals surface area (Å²) in [4.78, 5) is 26.4. The molecule has 2 aromatic carbocycles. The van der Waals surface area contributed by atoms with E-state index in [1.807, 2.05) is 6.92 Å². The molecule has 2 aromatic heterocycles. The summed E-state index contributed by atoms with van der Waals surface area (Å²) in [5.41, 5.74) is 0.705. The van der Waals surface area contributed by atoms with E-state index in [0.29, 0.717) is 59.1 Å². The van der Waals surface area contributed by atoms with Crippen LogP contribution in [-0.4, -0.2) is 44.3 Å². The molecular weight excluding hydrogens is 444 g/mol. The molecule has 0 bridgehead atoms. The SMILES string of the molecule is CCc1noc(C2CCN(c3ncnc4c(-c5ccc(C(=O)O)c(F)c5)cc(F)cc34)CC2)n1. The van der Waals surface area contributed by atoms with Gasteiger partial charge in [-0.05, 0) is 42.7 Å². The quantitative estimate of drug-likeness (QED) is 0.456. The first-order valence-electron chi connectivity index (χ1n) is 11.0. The first-order chi connectivity index (χ1) is 16.4. The predicted octanol–water partition coefficient (Wildman–Crippen LogP) is 4.60. The van der Waals surface area contributed by atoms with Gasteiger partial charge in [-0.3, -0.25) is 0 Å². The number of carbonyl (C=O) groups is 1. The number of piperidine rings is 1. The highest BCUT2D eigenvalue weighted by atomic mass is 19.1. The predicted molar refractivity (Wildman–Crippen MR) is 120 cm³/mol. The molecule has 1 aliphatic heterocycles. The topological polar surface area (TPSA) is 105 Å². The van der Waals surface area contributed by atoms with Gasteiger partial charge >= 0.3 is 5.97 Å². The average Bonchev–Trinajstić information content (AvgIpc) is 3.32. The number of benzene rings is 2. The molecule has 174 valence electrons. The van der Waals surface area contributed by atoms with Crippen molar-refractivity contribution < 1.29 is 23.2 Å². The fraction of sp³-hybridized carbons (Fsp3) is 0.292. The summed E-state index contributed by atoms with van der Waals surface area (Å²) in [5.74, 6) is -0.709. The molecule has 34 heavy (non-hydrogen) atoms. The van der Waals surface area contributed by atoms with Crippen LogP contribution in [0, 0.1) is 11.6 Å². The molecule has 0 amide bonds. The van der Waals surface area contributed by atoms with Gasteiger partial charge < -0.3 is 14.5 Å². The molecule has 0 saturated carbocycles. The number of anilines is 1. The zero-order valence-corrected chi connectivity index (χ0v) is 18.3. The van der Waals surface area contributed by atoms with Crippen molar-refractivity contribution in [3.05, 3.63) is 65.6 Å². The summed E-state index contributed by atoms with van der Waals surface area (Å²) >= 11 is 0. The lowest BCUT2D eigenvalue weighted by atomic mass is 9.96. The van der Waals surface area contributed by atoms with Crippen LogP contribution in [0.2, 0.25) is 0 Å². The molecule has 0 unspecified atom stereocenters. The monoisotopic (exact) mass is 465 g/mol. The van der Waals surface area contributed by atoms with Crippen molar-refractivity contribution in [2.75, 3.05) is 18.0 Å². The molecule has 5 rings (SSSR count). The number of halogens is 2. The Kier molecular flexibility index (Phi) is 5.64. The molecule has 1 aliphatic rings. The standard InChI is InChI=1S/C24H21F2N5O3/c1-2-20-29-23(34-30-20)13-5-7-31(8-6-13)22-18-11-15(25)10-17(21(18)27-12-28-22)14-3-4-16(24(32)33)19(26)9-14/h3-4,9-13H,2,5-8H2,1H3,(H,32,33). The van der Waals surface area contributed by atoms with E-state index in [0.717, 1.165) is 25.0 Å². The van der Waals surface area contributed by atoms with Gasteiger partial charge in [-0.1, -0.05) is 18.1 Å². The minimum absolute atomic E-state index is 0.153. The number of aromatic nitrogens is 4. The van der Waals surface area contributed by atoms with Gasteiger partial charge in [0.05, 0.1) is 11.1 Å². The summed E-state index contributed by atoms with van der Waals surface area (Å²) in [6.45, 7) is 3.29. The van der Waals surface area contributed by atoms with Crippen LogP contribution in [0.25, 0.3) is 22.0 Å². The Labute approximate surface area is 193 Å². The van der Waals surface area contributed by atoms with Crippen molar-refractivity contribution in [1.29, 1.82) is 0 Å². The highest BCUT2D eigenvalue weighted by molar-refractivity contribution is 6.00. The summed E-state index contributed by atoms with van der Waals surface area (Å²) < 4.78 is 34.4. The van der Waals surface area contributed by atoms with Gasteiger partial charge in [0, 0.05) is 36.4 Å². The lowest BCUT2D eigenvalue weighted by Crippen LogP contribution is -2.33. The second-order valence-corrected chi connectivity index (χ2v) is 8.21. The van der Waals surface area contributed by atoms with Crippen LogP contribution in [-0.2, 0) is 6.42 Å². The first kappa shape index (κ1) is 21.9. The molecule has 0 spiro atoms. The molecule has 8 nitrogen and oxygen atoms in total. The van der Waals surface area contributed by atoms with Gasteiger partial charge in [-0.15, -0.1) is 0 Å². The van der Waals surface area contributed by atoms with E-state index in [9.17, 15) is 13.6 Å². The molecule has 0 atom stereocenters. The highest BCUT2D eigenvalue weighted by Gasteiger charge is 2.27. The zero-order chi connectivity index (χ0) is 23.8. The fourth-order valence-corrected chi connectivity index (χ4v) is 4.36. The van der Waals surface area contributed by atoms with Crippen molar-refractivity contribution in [1.82, 2.24) is 20.1 Å². The average molecular weight is 465 g/mol. The second kappa shape index (κ2) is 8.77. The Hall–Kier alpha value is -3.95. The number of carboxylic acids is 1. The molecule has 3 heterocycles. The lowest BCUT2D eigenvalue weighted by Gasteiger charge is -2.32. The minimum atomic E-state index is -1.37. The van der Waals surface area contributed by atoms with Crippen LogP contribution in [0.5, 0.6) is 0 Å². The van der Waals surface area contributed by atoms with Crippen molar-refractivity contribution in [2.24, 2.45) is 0 Å². The third-order valence-electron chi connectivity index (χ3n) is 6.14. The van der Waals surface area contributed by atoms with Gasteiger partial charge in [-0.25, -0.2) is 23.5 Å². The fourth-order valence-electron chi connectivity index (χ4n) is 4.36. The van der Waals surface area contributed by atoms with Gasteiger partial charge in [0.25, 0.3) is 0 Å². The highest BCUT2D eigenvalue weighted by Crippen LogP contribution is 2.36. The Balaban J connectivity index is 1.48. The normalized spacial score (nSPS) is 14.6. The lowest BCUT2D eigenvalue weighted by molar-refractivity contribution is 0.0692. The van der Waals surface area contributed by atoms with E-state index in [2.05, 4.69) is 25.0 Å². The van der Waals surface area contributed by atoms with Crippen LogP contribution < -0.4 is 4.90 Å². The summed E-state index contributed by atoms with van der Waals surface area (Å²) in [7, 11) is 0. The van der Waals surface area contributed by atoms with Crippen LogP contribution in [0.15, 0.2) is 41.2 Å². The smallest absolute Gasteiger partial charge is 0.338 e. The number of carboxylic acid groups (broad SMARTS) is 1. The van der Waals surface area contributed by atoms with E-state index >= 15 is 0 Å². The Morgan fingerprint density at radius 3 is 2.65 bits per heavy atom. The van der Waals surface area contributed by atoms with Gasteiger partial charge in [-0.2, -0.15) is 4.98 Å². The molecule has 1 saturated heterocycles. The van der Waals surface area contributed by atoms with Crippen LogP contribution in [0.4, 0.5) is 14.6 Å². The number of hydrogen-bond donors (Lipinski definition) is 1. The second-order valence-electron chi connectivity index (χ2n) is 8.21. The molecule has 10 heteroatoms. The van der Waals surface area contributed by atoms with Gasteiger partial charge in [0.1, 0.15) is 23.8 Å². The largest absolute Gasteiger partial charge is 0.478 e. The van der Waals surface area contributed by atoms with Crippen LogP contribution in [0.3, 0.4) is 0 Å². The van der Waals surface area contributed by atoms with Crippen molar-refractivity contribution in [3.63, 3.8) is 0 Å². The molecule has 0 radical (unpaired) electrons. The van der Waals surface area contributed by atoms with Crippen molar-refractivity contribution >= 4 is 22.7 Å². The van der Waals surface area contributed by atoms with Crippen molar-refractivity contribution in [3.8, 4) is 11.1 Å². The number of hydrogen-bond acceptors (Lipinski definition) is 7. The zero-order valence-electron chi connectivity index (χ0n) is 18.3. The Morgan fingerprint density at radius 2 is 1.97 bits per heavy atom. The molecular formula is C24H21F2N5O3. The van der Waals surface area contributed by atoms with Crippen LogP contribution in [0.1, 0.15) is 47.8 Å². The maximum Gasteiger partial charge on any atom is 0.338 e. The van der Waals surface area contributed by atoms with E-state index in [1.54, 1.807) is 0 Å². The van der Waals surface area contributed by atoms with Gasteiger partial charge in [0.15, 0.2) is 5.82 Å². The minimum Gasteiger partial charge on any atom is -0.478 e. The van der Waals surface area contributed by atoms with Gasteiger partial charge in [0.2, 0.25) is 5.89 Å². The van der Waals surface area contributed by atoms with Crippen molar-refractivity contribution in [2.45, 2.75) is 32.1 Å². The van der Waals surface area contributed by atoms with E-state index in [-0.39, 0.29) is 5.92 Å². The third kappa shape index (κ3) is 3.95. The first-order valence-corrected chi connectivity index (χ1v) is 11.0. The molecule has 0 aliphatic carbocycles. The van der Waals surface area contributed by atoms with E-state index in [4.69, 9.17) is 9.63 Å². The number of aryl methyl sites for hydroxylation is 1. The van der Waals surface area contributed by atoms with E-state index < -0.39 is 23.2 Å². The number of aromatic carboxylic acids is 1. The van der Waals surface area contributed by atoms with Crippen LogP contribution >= 0.6 is 0 Å². The Bertz CT molecular complexity index is 1380. The summed E-state index contributed by atoms with van der Waals surface area (Å²) in [6, 6.07) is 6.33.